The molecule has 2 amide bonds. The van der Waals surface area contributed by atoms with Crippen LogP contribution in [0.1, 0.15) is 20.9 Å². The van der Waals surface area contributed by atoms with Gasteiger partial charge in [0.15, 0.2) is 5.76 Å². The van der Waals surface area contributed by atoms with Gasteiger partial charge in [0.25, 0.3) is 11.8 Å². The number of piperazine rings is 1. The molecule has 3 aromatic rings. The molecule has 9 heteroatoms. The maximum atomic E-state index is 13.2. The lowest BCUT2D eigenvalue weighted by Crippen LogP contribution is -2.47. The Kier molecular flexibility index (Phi) is 5.37. The molecule has 29 heavy (non-hydrogen) atoms. The molecule has 1 fully saturated rings. The fourth-order valence-electron chi connectivity index (χ4n) is 3.19. The van der Waals surface area contributed by atoms with Gasteiger partial charge in [0.2, 0.25) is 0 Å². The van der Waals surface area contributed by atoms with Crippen LogP contribution in [-0.2, 0) is 0 Å². The highest BCUT2D eigenvalue weighted by atomic mass is 35.5. The maximum absolute atomic E-state index is 13.2. The van der Waals surface area contributed by atoms with Crippen molar-refractivity contribution in [2.45, 2.75) is 0 Å². The number of carbonyl (C=O) groups excluding carboxylic acids is 2. The van der Waals surface area contributed by atoms with E-state index in [2.05, 4.69) is 15.3 Å². The zero-order valence-electron chi connectivity index (χ0n) is 15.8. The summed E-state index contributed by atoms with van der Waals surface area (Å²) in [6, 6.07) is 10.3. The molecule has 1 aromatic carbocycles. The van der Waals surface area contributed by atoms with Crippen LogP contribution in [0, 0.1) is 0 Å². The average Bonchev–Trinajstić information content (AvgIpc) is 3.39. The fraction of sp³-hybridized carbons (Fsp3) is 0.250. The largest absolute Gasteiger partial charge is 0.459 e. The predicted molar refractivity (Wildman–Crippen MR) is 109 cm³/mol. The highest BCUT2D eigenvalue weighted by Gasteiger charge is 2.27. The van der Waals surface area contributed by atoms with Gasteiger partial charge >= 0.3 is 0 Å². The van der Waals surface area contributed by atoms with Gasteiger partial charge in [0, 0.05) is 26.2 Å². The molecule has 8 nitrogen and oxygen atoms in total. The molecular weight excluding hydrogens is 394 g/mol. The van der Waals surface area contributed by atoms with Gasteiger partial charge in [-0.15, -0.1) is 0 Å². The summed E-state index contributed by atoms with van der Waals surface area (Å²) in [5.74, 6) is -0.277. The van der Waals surface area contributed by atoms with Crippen molar-refractivity contribution in [2.75, 3.05) is 38.5 Å². The van der Waals surface area contributed by atoms with Gasteiger partial charge in [-0.05, 0) is 31.3 Å². The van der Waals surface area contributed by atoms with Crippen LogP contribution in [0.2, 0.25) is 5.02 Å². The van der Waals surface area contributed by atoms with E-state index in [1.807, 2.05) is 13.1 Å². The zero-order chi connectivity index (χ0) is 20.4. The second-order valence-electron chi connectivity index (χ2n) is 6.80. The monoisotopic (exact) mass is 413 g/mol. The van der Waals surface area contributed by atoms with E-state index in [-0.39, 0.29) is 17.5 Å². The highest BCUT2D eigenvalue weighted by molar-refractivity contribution is 6.32. The number of likely N-dealkylation sites (N-methyl/N-ethyl adjacent to an activating group) is 1. The minimum atomic E-state index is -0.476. The van der Waals surface area contributed by atoms with Gasteiger partial charge in [-0.3, -0.25) is 9.59 Å². The lowest BCUT2D eigenvalue weighted by atomic mass is 10.2. The quantitative estimate of drug-likeness (QED) is 0.711. The number of amides is 2. The van der Waals surface area contributed by atoms with Gasteiger partial charge in [-0.25, -0.2) is 4.68 Å². The van der Waals surface area contributed by atoms with Gasteiger partial charge < -0.3 is 19.5 Å². The van der Waals surface area contributed by atoms with Crippen LogP contribution in [0.25, 0.3) is 5.69 Å². The second-order valence-corrected chi connectivity index (χ2v) is 7.20. The topological polar surface area (TPSA) is 83.6 Å². The summed E-state index contributed by atoms with van der Waals surface area (Å²) >= 11 is 6.33. The number of furan rings is 1. The summed E-state index contributed by atoms with van der Waals surface area (Å²) < 4.78 is 6.64. The molecule has 150 valence electrons. The Balaban J connectivity index is 1.72. The summed E-state index contributed by atoms with van der Waals surface area (Å²) in [7, 11) is 2.02. The Morgan fingerprint density at radius 2 is 1.86 bits per heavy atom. The lowest BCUT2D eigenvalue weighted by molar-refractivity contribution is 0.0665. The molecule has 0 radical (unpaired) electrons. The molecule has 1 N–H and O–H groups in total. The number of hydrogen-bond donors (Lipinski definition) is 1. The van der Waals surface area contributed by atoms with Crippen LogP contribution in [0.15, 0.2) is 53.3 Å². The molecule has 0 spiro atoms. The molecule has 0 atom stereocenters. The summed E-state index contributed by atoms with van der Waals surface area (Å²) in [5, 5.41) is 7.56. The number of carbonyl (C=O) groups is 2. The Hall–Kier alpha value is -3.10. The normalized spacial score (nSPS) is 14.8. The Morgan fingerprint density at radius 3 is 2.55 bits per heavy atom. The number of aromatic nitrogens is 2. The SMILES string of the molecule is CN1CCN(C(=O)c2cnn(-c3ccccc3Cl)c2NC(=O)c2ccco2)CC1. The lowest BCUT2D eigenvalue weighted by Gasteiger charge is -2.32. The Morgan fingerprint density at radius 1 is 1.10 bits per heavy atom. The molecule has 0 bridgehead atoms. The van der Waals surface area contributed by atoms with Crippen LogP contribution in [-0.4, -0.2) is 64.6 Å². The van der Waals surface area contributed by atoms with E-state index in [9.17, 15) is 9.59 Å². The molecule has 3 heterocycles. The Labute approximate surface area is 172 Å². The first-order chi connectivity index (χ1) is 14.0. The van der Waals surface area contributed by atoms with Crippen molar-refractivity contribution in [3.63, 3.8) is 0 Å². The highest BCUT2D eigenvalue weighted by Crippen LogP contribution is 2.27. The van der Waals surface area contributed by atoms with Crippen LogP contribution in [0.3, 0.4) is 0 Å². The molecule has 1 saturated heterocycles. The van der Waals surface area contributed by atoms with Crippen LogP contribution >= 0.6 is 11.6 Å². The third kappa shape index (κ3) is 3.90. The molecular formula is C20H20ClN5O3. The van der Waals surface area contributed by atoms with Gasteiger partial charge in [0.1, 0.15) is 11.4 Å². The van der Waals surface area contributed by atoms with Crippen LogP contribution in [0.5, 0.6) is 0 Å². The van der Waals surface area contributed by atoms with Crippen molar-refractivity contribution in [3.8, 4) is 5.69 Å². The molecule has 2 aromatic heterocycles. The standard InChI is InChI=1S/C20H20ClN5O3/c1-24-8-10-25(11-9-24)20(28)14-13-22-26(16-6-3-2-5-15(16)21)18(14)23-19(27)17-7-4-12-29-17/h2-7,12-13H,8-11H2,1H3,(H,23,27). The third-order valence-corrected chi connectivity index (χ3v) is 5.17. The van der Waals surface area contributed by atoms with Crippen molar-refractivity contribution in [3.05, 3.63) is 65.2 Å². The summed E-state index contributed by atoms with van der Waals surface area (Å²) in [4.78, 5) is 29.7. The van der Waals surface area contributed by atoms with Gasteiger partial charge in [-0.2, -0.15) is 5.10 Å². The second kappa shape index (κ2) is 8.10. The number of nitrogens with one attached hydrogen (secondary N) is 1. The molecule has 1 aliphatic rings. The van der Waals surface area contributed by atoms with E-state index in [0.29, 0.717) is 29.4 Å². The number of halogens is 1. The number of anilines is 1. The number of para-hydroxylation sites is 1. The smallest absolute Gasteiger partial charge is 0.292 e. The van der Waals surface area contributed by atoms with Crippen LogP contribution in [0.4, 0.5) is 5.82 Å². The van der Waals surface area contributed by atoms with E-state index in [1.54, 1.807) is 35.2 Å². The van der Waals surface area contributed by atoms with Crippen molar-refractivity contribution < 1.29 is 14.0 Å². The zero-order valence-corrected chi connectivity index (χ0v) is 16.6. The fourth-order valence-corrected chi connectivity index (χ4v) is 3.40. The summed E-state index contributed by atoms with van der Waals surface area (Å²) in [6.07, 6.45) is 2.87. The van der Waals surface area contributed by atoms with E-state index < -0.39 is 5.91 Å². The molecule has 0 saturated carbocycles. The van der Waals surface area contributed by atoms with E-state index in [1.165, 1.54) is 17.1 Å². The van der Waals surface area contributed by atoms with Crippen molar-refractivity contribution in [2.24, 2.45) is 0 Å². The van der Waals surface area contributed by atoms with Crippen molar-refractivity contribution in [1.29, 1.82) is 0 Å². The number of benzene rings is 1. The summed E-state index contributed by atoms with van der Waals surface area (Å²) in [6.45, 7) is 2.80. The molecule has 4 rings (SSSR count). The molecule has 1 aliphatic heterocycles. The molecule has 0 aliphatic carbocycles. The Bertz CT molecular complexity index is 1020. The first-order valence-electron chi connectivity index (χ1n) is 9.20. The van der Waals surface area contributed by atoms with Gasteiger partial charge in [-0.1, -0.05) is 23.7 Å². The van der Waals surface area contributed by atoms with E-state index in [0.717, 1.165) is 13.1 Å². The first-order valence-corrected chi connectivity index (χ1v) is 9.58. The van der Waals surface area contributed by atoms with Crippen molar-refractivity contribution >= 4 is 29.2 Å². The number of nitrogens with zero attached hydrogens (tertiary/aromatic N) is 4. The minimum absolute atomic E-state index is 0.134. The predicted octanol–water partition coefficient (Wildman–Crippen LogP) is 2.76. The maximum Gasteiger partial charge on any atom is 0.292 e. The first kappa shape index (κ1) is 19.2. The summed E-state index contributed by atoms with van der Waals surface area (Å²) in [5.41, 5.74) is 0.857. The van der Waals surface area contributed by atoms with E-state index in [4.69, 9.17) is 16.0 Å². The van der Waals surface area contributed by atoms with Crippen molar-refractivity contribution in [1.82, 2.24) is 19.6 Å². The molecule has 0 unspecified atom stereocenters. The van der Waals surface area contributed by atoms with Gasteiger partial charge in [0.05, 0.1) is 23.2 Å². The van der Waals surface area contributed by atoms with E-state index >= 15 is 0 Å². The van der Waals surface area contributed by atoms with Crippen LogP contribution < -0.4 is 5.32 Å². The minimum Gasteiger partial charge on any atom is -0.459 e. The number of hydrogen-bond acceptors (Lipinski definition) is 5. The third-order valence-electron chi connectivity index (χ3n) is 4.85. The number of rotatable bonds is 4. The average molecular weight is 414 g/mol.